The number of nitrogens with one attached hydrogen (secondary N) is 1. The fourth-order valence-corrected chi connectivity index (χ4v) is 0.893. The fraction of sp³-hybridized carbons (Fsp3) is 0.500. The predicted molar refractivity (Wildman–Crippen MR) is 43.6 cm³/mol. The molecule has 0 fully saturated rings. The maximum absolute atomic E-state index is 11.2. The largest absolute Gasteiger partial charge is 0.465 e. The van der Waals surface area contributed by atoms with Crippen molar-refractivity contribution >= 4 is 5.97 Å². The van der Waals surface area contributed by atoms with Crippen LogP contribution in [-0.4, -0.2) is 22.5 Å². The van der Waals surface area contributed by atoms with Crippen LogP contribution in [0.5, 0.6) is 0 Å². The second kappa shape index (κ2) is 3.90. The van der Waals surface area contributed by atoms with Crippen LogP contribution in [0.25, 0.3) is 0 Å². The van der Waals surface area contributed by atoms with E-state index >= 15 is 0 Å². The predicted octanol–water partition coefficient (Wildman–Crippen LogP) is 1.08. The maximum atomic E-state index is 11.2. The second-order valence-corrected chi connectivity index (χ2v) is 2.45. The lowest BCUT2D eigenvalue weighted by molar-refractivity contribution is -0.144. The summed E-state index contributed by atoms with van der Waals surface area (Å²) in [6.07, 6.45) is 3.30. The fourth-order valence-electron chi connectivity index (χ4n) is 0.893. The van der Waals surface area contributed by atoms with Gasteiger partial charge in [0.1, 0.15) is 11.7 Å². The van der Waals surface area contributed by atoms with Crippen molar-refractivity contribution < 1.29 is 9.53 Å². The Balaban J connectivity index is 2.59. The highest BCUT2D eigenvalue weighted by Crippen LogP contribution is 2.10. The van der Waals surface area contributed by atoms with Crippen LogP contribution in [0, 0.1) is 0 Å². The topological polar surface area (TPSA) is 55.0 Å². The van der Waals surface area contributed by atoms with Gasteiger partial charge in [-0.2, -0.15) is 0 Å². The van der Waals surface area contributed by atoms with Gasteiger partial charge in [0.05, 0.1) is 6.61 Å². The number of rotatable bonds is 3. The van der Waals surface area contributed by atoms with Crippen molar-refractivity contribution in [3.05, 3.63) is 18.2 Å². The van der Waals surface area contributed by atoms with Crippen molar-refractivity contribution in [2.24, 2.45) is 0 Å². The summed E-state index contributed by atoms with van der Waals surface area (Å²) in [5, 5.41) is 0. The molecule has 12 heavy (non-hydrogen) atoms. The Hall–Kier alpha value is -1.32. The van der Waals surface area contributed by atoms with E-state index in [1.165, 1.54) is 0 Å². The first-order valence-corrected chi connectivity index (χ1v) is 3.91. The Labute approximate surface area is 71.0 Å². The van der Waals surface area contributed by atoms with Crippen LogP contribution in [0.3, 0.4) is 0 Å². The minimum Gasteiger partial charge on any atom is -0.465 e. The molecule has 0 spiro atoms. The van der Waals surface area contributed by atoms with Crippen LogP contribution in [-0.2, 0) is 9.53 Å². The molecule has 0 aliphatic heterocycles. The lowest BCUT2D eigenvalue weighted by Crippen LogP contribution is -2.14. The van der Waals surface area contributed by atoms with Crippen molar-refractivity contribution in [3.63, 3.8) is 0 Å². The number of imidazole rings is 1. The highest BCUT2D eigenvalue weighted by atomic mass is 16.5. The first kappa shape index (κ1) is 8.77. The number of aromatic amines is 1. The van der Waals surface area contributed by atoms with E-state index in [0.717, 1.165) is 0 Å². The van der Waals surface area contributed by atoms with Crippen LogP contribution in [0.4, 0.5) is 0 Å². The number of hydrogen-bond donors (Lipinski definition) is 1. The summed E-state index contributed by atoms with van der Waals surface area (Å²) in [7, 11) is 0. The summed E-state index contributed by atoms with van der Waals surface area (Å²) in [6.45, 7) is 3.95. The number of carbonyl (C=O) groups excluding carboxylic acids is 1. The van der Waals surface area contributed by atoms with Gasteiger partial charge in [-0.1, -0.05) is 0 Å². The third-order valence-corrected chi connectivity index (χ3v) is 1.57. The van der Waals surface area contributed by atoms with Crippen LogP contribution >= 0.6 is 0 Å². The van der Waals surface area contributed by atoms with Crippen LogP contribution in [0.15, 0.2) is 12.4 Å². The summed E-state index contributed by atoms with van der Waals surface area (Å²) >= 11 is 0. The zero-order valence-electron chi connectivity index (χ0n) is 7.20. The number of esters is 1. The van der Waals surface area contributed by atoms with Crippen molar-refractivity contribution in [1.29, 1.82) is 0 Å². The van der Waals surface area contributed by atoms with Gasteiger partial charge in [0, 0.05) is 12.4 Å². The Bertz CT molecular complexity index is 244. The van der Waals surface area contributed by atoms with Gasteiger partial charge in [-0.15, -0.1) is 0 Å². The summed E-state index contributed by atoms with van der Waals surface area (Å²) < 4.78 is 4.83. The van der Waals surface area contributed by atoms with E-state index in [1.54, 1.807) is 26.2 Å². The lowest BCUT2D eigenvalue weighted by atomic mass is 10.2. The van der Waals surface area contributed by atoms with E-state index in [9.17, 15) is 4.79 Å². The normalized spacial score (nSPS) is 12.5. The molecule has 0 saturated heterocycles. The number of hydrogen-bond acceptors (Lipinski definition) is 3. The minimum absolute atomic E-state index is 0.243. The zero-order valence-corrected chi connectivity index (χ0v) is 7.20. The van der Waals surface area contributed by atoms with E-state index in [4.69, 9.17) is 4.74 Å². The molecule has 1 aromatic rings. The Morgan fingerprint density at radius 2 is 2.58 bits per heavy atom. The van der Waals surface area contributed by atoms with E-state index in [2.05, 4.69) is 9.97 Å². The first-order chi connectivity index (χ1) is 5.75. The van der Waals surface area contributed by atoms with Crippen molar-refractivity contribution in [3.8, 4) is 0 Å². The molecule has 1 N–H and O–H groups in total. The third kappa shape index (κ3) is 1.84. The van der Waals surface area contributed by atoms with Gasteiger partial charge in [0.2, 0.25) is 0 Å². The van der Waals surface area contributed by atoms with E-state index in [1.807, 2.05) is 0 Å². The highest BCUT2D eigenvalue weighted by molar-refractivity contribution is 5.76. The molecule has 0 saturated carbocycles. The monoisotopic (exact) mass is 168 g/mol. The zero-order chi connectivity index (χ0) is 8.97. The Morgan fingerprint density at radius 3 is 3.08 bits per heavy atom. The molecule has 1 unspecified atom stereocenters. The highest BCUT2D eigenvalue weighted by Gasteiger charge is 2.17. The molecule has 1 aromatic heterocycles. The van der Waals surface area contributed by atoms with Crippen molar-refractivity contribution in [2.75, 3.05) is 6.61 Å². The quantitative estimate of drug-likeness (QED) is 0.687. The molecule has 0 radical (unpaired) electrons. The van der Waals surface area contributed by atoms with Gasteiger partial charge < -0.3 is 9.72 Å². The first-order valence-electron chi connectivity index (χ1n) is 3.91. The Kier molecular flexibility index (Phi) is 2.85. The standard InChI is InChI=1S/C8H12N2O2/c1-3-12-8(11)6(2)7-9-4-5-10-7/h4-6H,3H2,1-2H3,(H,9,10). The lowest BCUT2D eigenvalue weighted by Gasteiger charge is -2.06. The van der Waals surface area contributed by atoms with Gasteiger partial charge in [-0.05, 0) is 13.8 Å². The molecule has 1 atom stereocenters. The van der Waals surface area contributed by atoms with Gasteiger partial charge in [-0.3, -0.25) is 4.79 Å². The number of H-pyrrole nitrogens is 1. The second-order valence-electron chi connectivity index (χ2n) is 2.45. The molecular formula is C8H12N2O2. The minimum atomic E-state index is -0.306. The summed E-state index contributed by atoms with van der Waals surface area (Å²) in [6, 6.07) is 0. The van der Waals surface area contributed by atoms with Gasteiger partial charge >= 0.3 is 5.97 Å². The summed E-state index contributed by atoms with van der Waals surface area (Å²) in [5.41, 5.74) is 0. The third-order valence-electron chi connectivity index (χ3n) is 1.57. The van der Waals surface area contributed by atoms with Gasteiger partial charge in [0.15, 0.2) is 0 Å². The van der Waals surface area contributed by atoms with Crippen LogP contribution < -0.4 is 0 Å². The van der Waals surface area contributed by atoms with E-state index < -0.39 is 0 Å². The molecule has 66 valence electrons. The molecule has 1 heterocycles. The van der Waals surface area contributed by atoms with E-state index in [0.29, 0.717) is 12.4 Å². The molecule has 0 aliphatic carbocycles. The van der Waals surface area contributed by atoms with E-state index in [-0.39, 0.29) is 11.9 Å². The maximum Gasteiger partial charge on any atom is 0.316 e. The van der Waals surface area contributed by atoms with Gasteiger partial charge in [0.25, 0.3) is 0 Å². The molecule has 0 amide bonds. The smallest absolute Gasteiger partial charge is 0.316 e. The SMILES string of the molecule is CCOC(=O)C(C)c1ncc[nH]1. The number of ether oxygens (including phenoxy) is 1. The summed E-state index contributed by atoms with van der Waals surface area (Å²) in [5.74, 6) is 0.0980. The molecule has 0 aliphatic rings. The molecule has 0 aromatic carbocycles. The number of nitrogens with zero attached hydrogens (tertiary/aromatic N) is 1. The van der Waals surface area contributed by atoms with Gasteiger partial charge in [-0.25, -0.2) is 4.98 Å². The molecule has 4 heteroatoms. The average Bonchev–Trinajstić information content (AvgIpc) is 2.55. The number of aromatic nitrogens is 2. The summed E-state index contributed by atoms with van der Waals surface area (Å²) in [4.78, 5) is 18.0. The van der Waals surface area contributed by atoms with Crippen molar-refractivity contribution in [2.45, 2.75) is 19.8 Å². The Morgan fingerprint density at radius 1 is 1.83 bits per heavy atom. The number of carbonyl (C=O) groups is 1. The molecule has 1 rings (SSSR count). The average molecular weight is 168 g/mol. The van der Waals surface area contributed by atoms with Crippen molar-refractivity contribution in [1.82, 2.24) is 9.97 Å². The van der Waals surface area contributed by atoms with Crippen LogP contribution in [0.2, 0.25) is 0 Å². The molecule has 4 nitrogen and oxygen atoms in total. The molecular weight excluding hydrogens is 156 g/mol. The van der Waals surface area contributed by atoms with Crippen LogP contribution in [0.1, 0.15) is 25.6 Å². The molecule has 0 bridgehead atoms.